The molecule has 2 bridgehead atoms. The van der Waals surface area contributed by atoms with Crippen LogP contribution < -0.4 is 0 Å². The topological polar surface area (TPSA) is 44.1 Å². The van der Waals surface area contributed by atoms with E-state index in [1.807, 2.05) is 0 Å². The predicted octanol–water partition coefficient (Wildman–Crippen LogP) is 2.45. The molecule has 0 N–H and O–H groups in total. The number of ether oxygens (including phenoxy) is 1. The van der Waals surface area contributed by atoms with Crippen molar-refractivity contribution in [2.45, 2.75) is 38.2 Å². The Kier molecular flexibility index (Phi) is 2.42. The van der Waals surface area contributed by atoms with Gasteiger partial charge >= 0.3 is 6.09 Å². The van der Waals surface area contributed by atoms with E-state index in [4.69, 9.17) is 4.74 Å². The van der Waals surface area contributed by atoms with Crippen LogP contribution in [0, 0.1) is 11.8 Å². The van der Waals surface area contributed by atoms with E-state index < -0.39 is 0 Å². The number of carbonyl (C=O) groups is 1. The van der Waals surface area contributed by atoms with Crippen LogP contribution in [-0.2, 0) is 4.74 Å². The van der Waals surface area contributed by atoms with Crippen molar-refractivity contribution in [2.24, 2.45) is 11.8 Å². The first-order valence-electron chi connectivity index (χ1n) is 6.02. The summed E-state index contributed by atoms with van der Waals surface area (Å²) in [4.78, 5) is 15.6. The van der Waals surface area contributed by atoms with E-state index >= 15 is 0 Å². The predicted molar refractivity (Wildman–Crippen MR) is 58.0 cm³/mol. The van der Waals surface area contributed by atoms with Crippen molar-refractivity contribution in [3.05, 3.63) is 18.7 Å². The molecule has 0 aliphatic heterocycles. The molecule has 1 heterocycles. The fourth-order valence-electron chi connectivity index (χ4n) is 3.02. The number of rotatable bonds is 1. The van der Waals surface area contributed by atoms with Crippen molar-refractivity contribution < 1.29 is 9.53 Å². The molecule has 3 aliphatic rings. The Morgan fingerprint density at radius 3 is 2.69 bits per heavy atom. The molecule has 1 aromatic heterocycles. The average Bonchev–Trinajstić information content (AvgIpc) is 2.84. The first-order chi connectivity index (χ1) is 7.83. The van der Waals surface area contributed by atoms with Crippen molar-refractivity contribution in [1.82, 2.24) is 9.55 Å². The van der Waals surface area contributed by atoms with E-state index in [1.54, 1.807) is 12.4 Å². The molecule has 4 rings (SSSR count). The van der Waals surface area contributed by atoms with Gasteiger partial charge in [-0.2, -0.15) is 0 Å². The highest BCUT2D eigenvalue weighted by molar-refractivity contribution is 5.70. The van der Waals surface area contributed by atoms with Crippen molar-refractivity contribution in [1.29, 1.82) is 0 Å². The molecule has 4 nitrogen and oxygen atoms in total. The molecule has 1 unspecified atom stereocenters. The van der Waals surface area contributed by atoms with Gasteiger partial charge in [-0.3, -0.25) is 0 Å². The molecular weight excluding hydrogens is 204 g/mol. The van der Waals surface area contributed by atoms with E-state index in [0.29, 0.717) is 5.92 Å². The van der Waals surface area contributed by atoms with Gasteiger partial charge in [-0.1, -0.05) is 0 Å². The van der Waals surface area contributed by atoms with E-state index in [0.717, 1.165) is 12.3 Å². The lowest BCUT2D eigenvalue weighted by Crippen LogP contribution is -2.38. The van der Waals surface area contributed by atoms with Crippen LogP contribution in [-0.4, -0.2) is 21.7 Å². The van der Waals surface area contributed by atoms with Gasteiger partial charge < -0.3 is 4.74 Å². The molecule has 16 heavy (non-hydrogen) atoms. The zero-order valence-electron chi connectivity index (χ0n) is 9.21. The second kappa shape index (κ2) is 3.92. The standard InChI is InChI=1S/C12H16N2O2/c15-12(14-6-5-13-8-14)16-11-7-9-1-3-10(11)4-2-9/h5-6,8-11H,1-4,7H2. The highest BCUT2D eigenvalue weighted by atomic mass is 16.6. The van der Waals surface area contributed by atoms with E-state index in [1.165, 1.54) is 36.6 Å². The maximum Gasteiger partial charge on any atom is 0.419 e. The van der Waals surface area contributed by atoms with Crippen LogP contribution in [0.15, 0.2) is 18.7 Å². The second-order valence-electron chi connectivity index (χ2n) is 4.91. The fourth-order valence-corrected chi connectivity index (χ4v) is 3.02. The van der Waals surface area contributed by atoms with Crippen molar-refractivity contribution in [3.8, 4) is 0 Å². The third kappa shape index (κ3) is 1.72. The zero-order chi connectivity index (χ0) is 11.0. The van der Waals surface area contributed by atoms with Crippen LogP contribution >= 0.6 is 0 Å². The van der Waals surface area contributed by atoms with Crippen LogP contribution in [0.4, 0.5) is 4.79 Å². The number of hydrogen-bond donors (Lipinski definition) is 0. The largest absolute Gasteiger partial charge is 0.445 e. The number of imidazole rings is 1. The minimum atomic E-state index is -0.282. The van der Waals surface area contributed by atoms with Gasteiger partial charge in [-0.05, 0) is 43.9 Å². The molecule has 3 fully saturated rings. The summed E-state index contributed by atoms with van der Waals surface area (Å²) in [6, 6.07) is 0. The molecular formula is C12H16N2O2. The van der Waals surface area contributed by atoms with Crippen LogP contribution in [0.25, 0.3) is 0 Å². The lowest BCUT2D eigenvalue weighted by atomic mass is 9.69. The van der Waals surface area contributed by atoms with Gasteiger partial charge in [0.25, 0.3) is 0 Å². The molecule has 1 aromatic rings. The summed E-state index contributed by atoms with van der Waals surface area (Å²) in [5.41, 5.74) is 0. The van der Waals surface area contributed by atoms with Gasteiger partial charge in [0.1, 0.15) is 12.4 Å². The third-order valence-electron chi connectivity index (χ3n) is 3.95. The molecule has 0 saturated heterocycles. The van der Waals surface area contributed by atoms with Gasteiger partial charge in [-0.25, -0.2) is 14.3 Å². The Balaban J connectivity index is 1.65. The van der Waals surface area contributed by atoms with E-state index in [2.05, 4.69) is 4.98 Å². The smallest absolute Gasteiger partial charge is 0.419 e. The minimum Gasteiger partial charge on any atom is -0.445 e. The van der Waals surface area contributed by atoms with Gasteiger partial charge in [0.15, 0.2) is 0 Å². The van der Waals surface area contributed by atoms with Crippen molar-refractivity contribution in [2.75, 3.05) is 0 Å². The molecule has 0 spiro atoms. The van der Waals surface area contributed by atoms with Crippen LogP contribution in [0.3, 0.4) is 0 Å². The summed E-state index contributed by atoms with van der Waals surface area (Å²) in [6.07, 6.45) is 10.7. The number of hydrogen-bond acceptors (Lipinski definition) is 3. The van der Waals surface area contributed by atoms with E-state index in [9.17, 15) is 4.79 Å². The first-order valence-corrected chi connectivity index (χ1v) is 6.02. The van der Waals surface area contributed by atoms with Crippen molar-refractivity contribution in [3.63, 3.8) is 0 Å². The Hall–Kier alpha value is -1.32. The maximum absolute atomic E-state index is 11.8. The lowest BCUT2D eigenvalue weighted by Gasteiger charge is -2.41. The SMILES string of the molecule is O=C(OC1CC2CCC1CC2)n1ccnc1. The third-order valence-corrected chi connectivity index (χ3v) is 3.95. The summed E-state index contributed by atoms with van der Waals surface area (Å²) in [5, 5.41) is 0. The van der Waals surface area contributed by atoms with E-state index in [-0.39, 0.29) is 12.2 Å². The Bertz CT molecular complexity index is 366. The quantitative estimate of drug-likeness (QED) is 0.730. The molecule has 3 saturated carbocycles. The summed E-state index contributed by atoms with van der Waals surface area (Å²) in [5.74, 6) is 1.38. The molecule has 0 aromatic carbocycles. The van der Waals surface area contributed by atoms with Crippen LogP contribution in [0.1, 0.15) is 32.1 Å². The van der Waals surface area contributed by atoms with Gasteiger partial charge in [0.2, 0.25) is 0 Å². The minimum absolute atomic E-state index is 0.141. The monoisotopic (exact) mass is 220 g/mol. The molecule has 0 radical (unpaired) electrons. The highest BCUT2D eigenvalue weighted by Crippen LogP contribution is 2.42. The second-order valence-corrected chi connectivity index (χ2v) is 4.91. The fraction of sp³-hybridized carbons (Fsp3) is 0.667. The number of carbonyl (C=O) groups excluding carboxylic acids is 1. The Morgan fingerprint density at radius 1 is 1.31 bits per heavy atom. The number of nitrogens with zero attached hydrogens (tertiary/aromatic N) is 2. The van der Waals surface area contributed by atoms with Crippen LogP contribution in [0.5, 0.6) is 0 Å². The van der Waals surface area contributed by atoms with Gasteiger partial charge in [-0.15, -0.1) is 0 Å². The molecule has 4 heteroatoms. The zero-order valence-corrected chi connectivity index (χ0v) is 9.21. The van der Waals surface area contributed by atoms with Gasteiger partial charge in [0, 0.05) is 12.4 Å². The normalized spacial score (nSPS) is 32.6. The summed E-state index contributed by atoms with van der Waals surface area (Å²) in [7, 11) is 0. The summed E-state index contributed by atoms with van der Waals surface area (Å²) < 4.78 is 6.96. The molecule has 1 atom stereocenters. The summed E-state index contributed by atoms with van der Waals surface area (Å²) in [6.45, 7) is 0. The number of aromatic nitrogens is 2. The molecule has 3 aliphatic carbocycles. The van der Waals surface area contributed by atoms with Gasteiger partial charge in [0.05, 0.1) is 0 Å². The average molecular weight is 220 g/mol. The Labute approximate surface area is 94.6 Å². The van der Waals surface area contributed by atoms with Crippen molar-refractivity contribution >= 4 is 6.09 Å². The molecule has 86 valence electrons. The highest BCUT2D eigenvalue weighted by Gasteiger charge is 2.37. The first kappa shape index (κ1) is 9.87. The Morgan fingerprint density at radius 2 is 2.12 bits per heavy atom. The molecule has 0 amide bonds. The summed E-state index contributed by atoms with van der Waals surface area (Å²) >= 11 is 0. The lowest BCUT2D eigenvalue weighted by molar-refractivity contribution is -0.0123. The number of fused-ring (bicyclic) bond motifs is 3. The van der Waals surface area contributed by atoms with Crippen LogP contribution in [0.2, 0.25) is 0 Å². The maximum atomic E-state index is 11.8.